The molecule has 1 N–H and O–H groups in total. The number of halogens is 1. The molecule has 2 rings (SSSR count). The highest BCUT2D eigenvalue weighted by Crippen LogP contribution is 2.18. The van der Waals surface area contributed by atoms with Gasteiger partial charge in [-0.25, -0.2) is 8.42 Å². The van der Waals surface area contributed by atoms with Crippen LogP contribution < -0.4 is 4.90 Å². The Bertz CT molecular complexity index is 601. The zero-order valence-electron chi connectivity index (χ0n) is 11.2. The van der Waals surface area contributed by atoms with Crippen LogP contribution in [-0.4, -0.2) is 44.9 Å². The molecule has 1 fully saturated rings. The molecular weight excluding hydrogens is 342 g/mol. The van der Waals surface area contributed by atoms with Crippen LogP contribution in [0.15, 0.2) is 33.6 Å². The van der Waals surface area contributed by atoms with Gasteiger partial charge in [0.2, 0.25) is 10.0 Å². The molecule has 1 aliphatic rings. The maximum Gasteiger partial charge on any atom is 0.243 e. The lowest BCUT2D eigenvalue weighted by atomic mass is 10.2. The van der Waals surface area contributed by atoms with Gasteiger partial charge in [-0.3, -0.25) is 0 Å². The Balaban J connectivity index is 2.10. The number of nitrogens with zero attached hydrogens (tertiary/aromatic N) is 2. The molecular formula is C13H17BrN3O2S+. The zero-order valence-corrected chi connectivity index (χ0v) is 13.6. The van der Waals surface area contributed by atoms with Crippen LogP contribution in [0.2, 0.25) is 0 Å². The molecule has 0 saturated carbocycles. The summed E-state index contributed by atoms with van der Waals surface area (Å²) in [5.41, 5.74) is 0. The van der Waals surface area contributed by atoms with E-state index in [1.54, 1.807) is 24.3 Å². The SMILES string of the molecule is C[C@H](C#N)[NH+]1CCN(S(=O)(=O)c2ccc(Br)cc2)CC1. The standard InChI is InChI=1S/C13H16BrN3O2S/c1-11(10-15)16-6-8-17(9-7-16)20(18,19)13-4-2-12(14)3-5-13/h2-5,11H,6-9H2,1H3/p+1/t11-/m1/s1. The third kappa shape index (κ3) is 3.20. The van der Waals surface area contributed by atoms with Crippen LogP contribution in [-0.2, 0) is 10.0 Å². The fraction of sp³-hybridized carbons (Fsp3) is 0.462. The van der Waals surface area contributed by atoms with Gasteiger partial charge in [-0.15, -0.1) is 0 Å². The predicted molar refractivity (Wildman–Crippen MR) is 78.7 cm³/mol. The number of benzene rings is 1. The van der Waals surface area contributed by atoms with Crippen LogP contribution in [0.25, 0.3) is 0 Å². The van der Waals surface area contributed by atoms with E-state index in [4.69, 9.17) is 5.26 Å². The molecule has 0 spiro atoms. The molecule has 7 heteroatoms. The smallest absolute Gasteiger partial charge is 0.243 e. The number of quaternary nitrogens is 1. The summed E-state index contributed by atoms with van der Waals surface area (Å²) in [6.07, 6.45) is 0. The van der Waals surface area contributed by atoms with Gasteiger partial charge < -0.3 is 4.90 Å². The minimum absolute atomic E-state index is 0.0902. The molecule has 0 amide bonds. The van der Waals surface area contributed by atoms with Crippen LogP contribution in [0.4, 0.5) is 0 Å². The van der Waals surface area contributed by atoms with Gasteiger partial charge in [0.05, 0.1) is 31.1 Å². The first-order chi connectivity index (χ1) is 9.45. The topological polar surface area (TPSA) is 65.6 Å². The number of piperazine rings is 1. The number of sulfonamides is 1. The Morgan fingerprint density at radius 3 is 2.35 bits per heavy atom. The Morgan fingerprint density at radius 2 is 1.85 bits per heavy atom. The minimum Gasteiger partial charge on any atom is -0.319 e. The average Bonchev–Trinajstić information content (AvgIpc) is 2.47. The second kappa shape index (κ2) is 6.22. The van der Waals surface area contributed by atoms with Crippen molar-refractivity contribution in [3.63, 3.8) is 0 Å². The molecule has 20 heavy (non-hydrogen) atoms. The summed E-state index contributed by atoms with van der Waals surface area (Å²) in [7, 11) is -3.42. The van der Waals surface area contributed by atoms with E-state index < -0.39 is 10.0 Å². The summed E-state index contributed by atoms with van der Waals surface area (Å²) in [4.78, 5) is 1.47. The first-order valence-corrected chi connectivity index (χ1v) is 8.68. The van der Waals surface area contributed by atoms with Crippen LogP contribution in [0, 0.1) is 11.3 Å². The van der Waals surface area contributed by atoms with Gasteiger partial charge >= 0.3 is 0 Å². The fourth-order valence-electron chi connectivity index (χ4n) is 2.29. The van der Waals surface area contributed by atoms with Crippen LogP contribution in [0.5, 0.6) is 0 Å². The Labute approximate surface area is 128 Å². The van der Waals surface area contributed by atoms with Gasteiger partial charge in [-0.1, -0.05) is 15.9 Å². The highest BCUT2D eigenvalue weighted by atomic mass is 79.9. The summed E-state index contributed by atoms with van der Waals surface area (Å²) in [6.45, 7) is 4.13. The summed E-state index contributed by atoms with van der Waals surface area (Å²) >= 11 is 3.30. The molecule has 1 atom stereocenters. The van der Waals surface area contributed by atoms with Crippen molar-refractivity contribution in [1.82, 2.24) is 4.31 Å². The van der Waals surface area contributed by atoms with Crippen molar-refractivity contribution >= 4 is 26.0 Å². The summed E-state index contributed by atoms with van der Waals surface area (Å²) < 4.78 is 27.3. The monoisotopic (exact) mass is 358 g/mol. The lowest BCUT2D eigenvalue weighted by Gasteiger charge is -2.32. The Kier molecular flexibility index (Phi) is 4.81. The van der Waals surface area contributed by atoms with E-state index in [9.17, 15) is 8.42 Å². The van der Waals surface area contributed by atoms with Crippen molar-refractivity contribution in [2.45, 2.75) is 17.9 Å². The summed E-state index contributed by atoms with van der Waals surface area (Å²) in [6, 6.07) is 8.80. The van der Waals surface area contributed by atoms with Crippen LogP contribution in [0.1, 0.15) is 6.92 Å². The van der Waals surface area contributed by atoms with Gasteiger partial charge in [0.1, 0.15) is 6.07 Å². The molecule has 1 saturated heterocycles. The maximum atomic E-state index is 12.5. The van der Waals surface area contributed by atoms with E-state index in [-0.39, 0.29) is 6.04 Å². The predicted octanol–water partition coefficient (Wildman–Crippen LogP) is 0.250. The van der Waals surface area contributed by atoms with E-state index in [2.05, 4.69) is 22.0 Å². The molecule has 1 aliphatic heterocycles. The van der Waals surface area contributed by atoms with Crippen molar-refractivity contribution in [2.75, 3.05) is 26.2 Å². The number of nitriles is 1. The quantitative estimate of drug-likeness (QED) is 0.842. The number of rotatable bonds is 3. The van der Waals surface area contributed by atoms with E-state index in [0.29, 0.717) is 31.1 Å². The molecule has 0 aromatic heterocycles. The van der Waals surface area contributed by atoms with E-state index in [1.165, 1.54) is 4.31 Å². The highest BCUT2D eigenvalue weighted by molar-refractivity contribution is 9.10. The minimum atomic E-state index is -3.42. The van der Waals surface area contributed by atoms with E-state index >= 15 is 0 Å². The molecule has 0 bridgehead atoms. The van der Waals surface area contributed by atoms with E-state index in [0.717, 1.165) is 9.37 Å². The van der Waals surface area contributed by atoms with Gasteiger partial charge in [-0.2, -0.15) is 9.57 Å². The van der Waals surface area contributed by atoms with Gasteiger partial charge in [-0.05, 0) is 24.3 Å². The lowest BCUT2D eigenvalue weighted by Crippen LogP contribution is -3.17. The fourth-order valence-corrected chi connectivity index (χ4v) is 4.00. The summed E-state index contributed by atoms with van der Waals surface area (Å²) in [5, 5.41) is 8.91. The molecule has 1 aromatic carbocycles. The van der Waals surface area contributed by atoms with Crippen LogP contribution in [0.3, 0.4) is 0 Å². The summed E-state index contributed by atoms with van der Waals surface area (Å²) in [5.74, 6) is 0. The molecule has 1 aromatic rings. The molecule has 108 valence electrons. The van der Waals surface area contributed by atoms with Gasteiger partial charge in [0, 0.05) is 11.4 Å². The normalized spacial score (nSPS) is 19.4. The Morgan fingerprint density at radius 1 is 1.30 bits per heavy atom. The number of hydrogen-bond donors (Lipinski definition) is 1. The van der Waals surface area contributed by atoms with Crippen molar-refractivity contribution in [3.05, 3.63) is 28.7 Å². The molecule has 0 radical (unpaired) electrons. The molecule has 0 aliphatic carbocycles. The number of nitrogens with one attached hydrogen (secondary N) is 1. The maximum absolute atomic E-state index is 12.5. The first kappa shape index (κ1) is 15.4. The largest absolute Gasteiger partial charge is 0.319 e. The highest BCUT2D eigenvalue weighted by Gasteiger charge is 2.32. The molecule has 1 heterocycles. The second-order valence-electron chi connectivity index (χ2n) is 4.87. The first-order valence-electron chi connectivity index (χ1n) is 6.45. The second-order valence-corrected chi connectivity index (χ2v) is 7.72. The lowest BCUT2D eigenvalue weighted by molar-refractivity contribution is -0.918. The van der Waals surface area contributed by atoms with Crippen molar-refractivity contribution in [1.29, 1.82) is 5.26 Å². The molecule has 5 nitrogen and oxygen atoms in total. The van der Waals surface area contributed by atoms with Crippen molar-refractivity contribution in [2.24, 2.45) is 0 Å². The van der Waals surface area contributed by atoms with Crippen LogP contribution >= 0.6 is 15.9 Å². The average molecular weight is 359 g/mol. The zero-order chi connectivity index (χ0) is 14.8. The third-order valence-corrected chi connectivity index (χ3v) is 6.06. The van der Waals surface area contributed by atoms with Crippen molar-refractivity contribution < 1.29 is 13.3 Å². The van der Waals surface area contributed by atoms with E-state index in [1.807, 2.05) is 6.92 Å². The number of hydrogen-bond acceptors (Lipinski definition) is 3. The van der Waals surface area contributed by atoms with Gasteiger partial charge in [0.25, 0.3) is 0 Å². The van der Waals surface area contributed by atoms with Crippen molar-refractivity contribution in [3.8, 4) is 6.07 Å². The van der Waals surface area contributed by atoms with Gasteiger partial charge in [0.15, 0.2) is 6.04 Å². The molecule has 0 unspecified atom stereocenters. The third-order valence-electron chi connectivity index (χ3n) is 3.62. The Hall–Kier alpha value is -0.940.